The van der Waals surface area contributed by atoms with Gasteiger partial charge in [-0.2, -0.15) is 0 Å². The Labute approximate surface area is 201 Å². The van der Waals surface area contributed by atoms with Crippen molar-refractivity contribution in [3.63, 3.8) is 0 Å². The second-order valence-electron chi connectivity index (χ2n) is 8.02. The lowest BCUT2D eigenvalue weighted by molar-refractivity contribution is -0.139. The Kier molecular flexibility index (Phi) is 6.13. The SMILES string of the molecule is COC(=O)Cc1ccc(Cc2nccc(Nc3nc(-c4cccc(C)n4)nn4cccc34)n2)cc1. The number of hydrogen-bond acceptors (Lipinski definition) is 8. The van der Waals surface area contributed by atoms with Crippen LogP contribution in [0.4, 0.5) is 11.6 Å². The van der Waals surface area contributed by atoms with E-state index in [0.717, 1.165) is 22.3 Å². The molecule has 5 rings (SSSR count). The zero-order valence-electron chi connectivity index (χ0n) is 19.3. The minimum atomic E-state index is -0.261. The highest BCUT2D eigenvalue weighted by atomic mass is 16.5. The first-order chi connectivity index (χ1) is 17.1. The molecule has 5 aromatic rings. The zero-order chi connectivity index (χ0) is 24.2. The van der Waals surface area contributed by atoms with Crippen molar-refractivity contribution in [1.82, 2.24) is 29.5 Å². The van der Waals surface area contributed by atoms with Gasteiger partial charge >= 0.3 is 5.97 Å². The minimum Gasteiger partial charge on any atom is -0.469 e. The van der Waals surface area contributed by atoms with Crippen molar-refractivity contribution in [3.05, 3.63) is 95.7 Å². The fourth-order valence-electron chi connectivity index (χ4n) is 3.67. The summed E-state index contributed by atoms with van der Waals surface area (Å²) >= 11 is 0. The summed E-state index contributed by atoms with van der Waals surface area (Å²) in [7, 11) is 1.39. The number of carbonyl (C=O) groups excluding carboxylic acids is 1. The third kappa shape index (κ3) is 5.14. The van der Waals surface area contributed by atoms with Crippen LogP contribution >= 0.6 is 0 Å². The molecule has 1 N–H and O–H groups in total. The van der Waals surface area contributed by atoms with Gasteiger partial charge in [-0.15, -0.1) is 5.10 Å². The largest absolute Gasteiger partial charge is 0.469 e. The maximum Gasteiger partial charge on any atom is 0.309 e. The number of rotatable bonds is 7. The molecule has 35 heavy (non-hydrogen) atoms. The van der Waals surface area contributed by atoms with Crippen LogP contribution in [0.5, 0.6) is 0 Å². The molecule has 0 aliphatic rings. The number of benzene rings is 1. The highest BCUT2D eigenvalue weighted by Crippen LogP contribution is 2.22. The fourth-order valence-corrected chi connectivity index (χ4v) is 3.67. The van der Waals surface area contributed by atoms with E-state index in [9.17, 15) is 4.79 Å². The van der Waals surface area contributed by atoms with Crippen LogP contribution < -0.4 is 5.32 Å². The van der Waals surface area contributed by atoms with E-state index in [0.29, 0.717) is 35.4 Å². The molecule has 0 aliphatic carbocycles. The summed E-state index contributed by atoms with van der Waals surface area (Å²) < 4.78 is 6.49. The topological polar surface area (TPSA) is 107 Å². The van der Waals surface area contributed by atoms with E-state index in [1.807, 2.05) is 67.7 Å². The molecule has 4 aromatic heterocycles. The van der Waals surface area contributed by atoms with Gasteiger partial charge in [-0.05, 0) is 48.4 Å². The number of pyridine rings is 1. The van der Waals surface area contributed by atoms with Gasteiger partial charge in [0.15, 0.2) is 5.82 Å². The molecule has 0 aliphatic heterocycles. The Balaban J connectivity index is 1.38. The van der Waals surface area contributed by atoms with Gasteiger partial charge in [0.2, 0.25) is 5.82 Å². The normalized spacial score (nSPS) is 10.9. The molecule has 174 valence electrons. The Morgan fingerprint density at radius 1 is 0.971 bits per heavy atom. The summed E-state index contributed by atoms with van der Waals surface area (Å²) in [6.07, 6.45) is 4.39. The van der Waals surface area contributed by atoms with E-state index < -0.39 is 0 Å². The third-order valence-electron chi connectivity index (χ3n) is 5.42. The zero-order valence-corrected chi connectivity index (χ0v) is 19.3. The van der Waals surface area contributed by atoms with Gasteiger partial charge in [-0.3, -0.25) is 4.79 Å². The highest BCUT2D eigenvalue weighted by molar-refractivity contribution is 5.74. The van der Waals surface area contributed by atoms with Crippen molar-refractivity contribution in [2.45, 2.75) is 19.8 Å². The number of hydrogen-bond donors (Lipinski definition) is 1. The van der Waals surface area contributed by atoms with Crippen molar-refractivity contribution < 1.29 is 9.53 Å². The smallest absolute Gasteiger partial charge is 0.309 e. The van der Waals surface area contributed by atoms with Gasteiger partial charge in [0.25, 0.3) is 0 Å². The van der Waals surface area contributed by atoms with Crippen LogP contribution in [0.2, 0.25) is 0 Å². The number of anilines is 2. The van der Waals surface area contributed by atoms with Crippen molar-refractivity contribution in [3.8, 4) is 11.5 Å². The lowest BCUT2D eigenvalue weighted by Crippen LogP contribution is -2.06. The number of carbonyl (C=O) groups is 1. The van der Waals surface area contributed by atoms with E-state index in [-0.39, 0.29) is 12.4 Å². The lowest BCUT2D eigenvalue weighted by atomic mass is 10.1. The molecule has 0 saturated carbocycles. The Bertz CT molecular complexity index is 1500. The first-order valence-corrected chi connectivity index (χ1v) is 11.1. The summed E-state index contributed by atoms with van der Waals surface area (Å²) in [5.41, 5.74) is 4.35. The van der Waals surface area contributed by atoms with Gasteiger partial charge < -0.3 is 10.1 Å². The number of esters is 1. The summed E-state index contributed by atoms with van der Waals surface area (Å²) in [4.78, 5) is 29.8. The van der Waals surface area contributed by atoms with Gasteiger partial charge in [0.1, 0.15) is 22.9 Å². The number of fused-ring (bicyclic) bond motifs is 1. The highest BCUT2D eigenvalue weighted by Gasteiger charge is 2.12. The molecule has 0 fully saturated rings. The molecule has 9 nitrogen and oxygen atoms in total. The molecule has 0 spiro atoms. The van der Waals surface area contributed by atoms with E-state index >= 15 is 0 Å². The Hall–Kier alpha value is -4.66. The van der Waals surface area contributed by atoms with Crippen LogP contribution in [0.15, 0.2) is 73.1 Å². The second-order valence-corrected chi connectivity index (χ2v) is 8.02. The lowest BCUT2D eigenvalue weighted by Gasteiger charge is -2.10. The van der Waals surface area contributed by atoms with Crippen molar-refractivity contribution >= 4 is 23.1 Å². The Morgan fingerprint density at radius 3 is 2.60 bits per heavy atom. The van der Waals surface area contributed by atoms with E-state index in [4.69, 9.17) is 9.72 Å². The number of methoxy groups -OCH3 is 1. The van der Waals surface area contributed by atoms with Gasteiger partial charge in [-0.1, -0.05) is 30.3 Å². The van der Waals surface area contributed by atoms with E-state index in [1.165, 1.54) is 7.11 Å². The van der Waals surface area contributed by atoms with Crippen LogP contribution in [0.1, 0.15) is 22.6 Å². The summed E-state index contributed by atoms with van der Waals surface area (Å²) in [6.45, 7) is 1.94. The van der Waals surface area contributed by atoms with Gasteiger partial charge in [0.05, 0.1) is 13.5 Å². The molecule has 0 amide bonds. The quantitative estimate of drug-likeness (QED) is 0.360. The standard InChI is InChI=1S/C26H23N7O2/c1-17-5-3-6-20(28-17)25-31-26(21-7-4-14-33(21)32-25)30-22-12-13-27-23(29-22)15-18-8-10-19(11-9-18)16-24(34)35-2/h3-14H,15-16H2,1-2H3,(H,27,29,30,31,32). The van der Waals surface area contributed by atoms with Crippen LogP contribution in [-0.2, 0) is 22.4 Å². The number of ether oxygens (including phenoxy) is 1. The summed E-state index contributed by atoms with van der Waals surface area (Å²) in [5.74, 6) is 2.17. The predicted molar refractivity (Wildman–Crippen MR) is 131 cm³/mol. The second kappa shape index (κ2) is 9.68. The molecule has 0 atom stereocenters. The molecule has 0 radical (unpaired) electrons. The predicted octanol–water partition coefficient (Wildman–Crippen LogP) is 3.94. The van der Waals surface area contributed by atoms with Crippen LogP contribution in [0.25, 0.3) is 17.0 Å². The molecule has 0 unspecified atom stereocenters. The van der Waals surface area contributed by atoms with E-state index in [2.05, 4.69) is 25.4 Å². The fraction of sp³-hybridized carbons (Fsp3) is 0.154. The van der Waals surface area contributed by atoms with E-state index in [1.54, 1.807) is 16.8 Å². The minimum absolute atomic E-state index is 0.250. The molecule has 9 heteroatoms. The molecule has 0 bridgehead atoms. The number of nitrogens with one attached hydrogen (secondary N) is 1. The first-order valence-electron chi connectivity index (χ1n) is 11.1. The van der Waals surface area contributed by atoms with Crippen LogP contribution in [0, 0.1) is 6.92 Å². The van der Waals surface area contributed by atoms with Crippen molar-refractivity contribution in [2.75, 3.05) is 12.4 Å². The monoisotopic (exact) mass is 465 g/mol. The summed E-state index contributed by atoms with van der Waals surface area (Å²) in [6, 6.07) is 19.2. The maximum atomic E-state index is 11.5. The number of nitrogens with zero attached hydrogens (tertiary/aromatic N) is 6. The molecular weight excluding hydrogens is 442 g/mol. The molecule has 0 saturated heterocycles. The van der Waals surface area contributed by atoms with Crippen molar-refractivity contribution in [2.24, 2.45) is 0 Å². The molecular formula is C26H23N7O2. The Morgan fingerprint density at radius 2 is 1.80 bits per heavy atom. The molecule has 4 heterocycles. The summed E-state index contributed by atoms with van der Waals surface area (Å²) in [5, 5.41) is 7.91. The average molecular weight is 466 g/mol. The molecule has 1 aromatic carbocycles. The number of aromatic nitrogens is 6. The maximum absolute atomic E-state index is 11.5. The average Bonchev–Trinajstić information content (AvgIpc) is 3.35. The van der Waals surface area contributed by atoms with Gasteiger partial charge in [0, 0.05) is 24.5 Å². The first kappa shape index (κ1) is 22.1. The van der Waals surface area contributed by atoms with Crippen LogP contribution in [0.3, 0.4) is 0 Å². The number of aryl methyl sites for hydroxylation is 1. The van der Waals surface area contributed by atoms with Gasteiger partial charge in [-0.25, -0.2) is 24.5 Å². The third-order valence-corrected chi connectivity index (χ3v) is 5.42. The van der Waals surface area contributed by atoms with Crippen LogP contribution in [-0.4, -0.2) is 42.6 Å². The van der Waals surface area contributed by atoms with Crippen molar-refractivity contribution in [1.29, 1.82) is 0 Å².